The van der Waals surface area contributed by atoms with E-state index in [2.05, 4.69) is 16.0 Å². The number of carbonyl (C=O) groups excluding carboxylic acids is 2. The van der Waals surface area contributed by atoms with Crippen molar-refractivity contribution in [2.45, 2.75) is 33.1 Å². The molecule has 0 bridgehead atoms. The summed E-state index contributed by atoms with van der Waals surface area (Å²) in [7, 11) is 0. The topological polar surface area (TPSA) is 88.4 Å². The third-order valence-electron chi connectivity index (χ3n) is 5.17. The Morgan fingerprint density at radius 1 is 0.933 bits per heavy atom. The Hall–Kier alpha value is -3.74. The highest BCUT2D eigenvalue weighted by atomic mass is 16.2. The molecule has 7 nitrogen and oxygen atoms in total. The Bertz CT molecular complexity index is 1230. The molecule has 2 amide bonds. The van der Waals surface area contributed by atoms with Crippen LogP contribution in [0.15, 0.2) is 54.6 Å². The van der Waals surface area contributed by atoms with E-state index in [0.29, 0.717) is 6.42 Å². The minimum Gasteiger partial charge on any atom is -0.273 e. The van der Waals surface area contributed by atoms with E-state index in [9.17, 15) is 9.59 Å². The van der Waals surface area contributed by atoms with E-state index in [1.807, 2.05) is 73.0 Å². The number of fused-ring (bicyclic) bond motifs is 3. The molecule has 0 fully saturated rings. The van der Waals surface area contributed by atoms with Crippen molar-refractivity contribution < 1.29 is 9.59 Å². The number of nitrogens with one attached hydrogen (secondary N) is 2. The molecule has 0 radical (unpaired) electrons. The van der Waals surface area contributed by atoms with Crippen LogP contribution in [0.3, 0.4) is 0 Å². The van der Waals surface area contributed by atoms with Gasteiger partial charge in [0.2, 0.25) is 11.8 Å². The maximum Gasteiger partial charge on any atom is 0.242 e. The van der Waals surface area contributed by atoms with Crippen LogP contribution in [-0.4, -0.2) is 26.4 Å². The van der Waals surface area contributed by atoms with Gasteiger partial charge in [0, 0.05) is 23.2 Å². The largest absolute Gasteiger partial charge is 0.273 e. The quantitative estimate of drug-likeness (QED) is 0.504. The lowest BCUT2D eigenvalue weighted by molar-refractivity contribution is -0.128. The van der Waals surface area contributed by atoms with Crippen molar-refractivity contribution in [3.63, 3.8) is 0 Å². The number of hydrogen-bond donors (Lipinski definition) is 2. The SMILES string of the molecule is Cc1nc2c3ccccc3nn2c(C)c1CCC(=O)NNC(=O)Cc1ccccc1. The van der Waals surface area contributed by atoms with Gasteiger partial charge in [-0.2, -0.15) is 5.10 Å². The van der Waals surface area contributed by atoms with E-state index in [0.717, 1.165) is 39.1 Å². The monoisotopic (exact) mass is 401 g/mol. The average Bonchev–Trinajstić information content (AvgIpc) is 3.12. The van der Waals surface area contributed by atoms with Crippen LogP contribution < -0.4 is 10.9 Å². The predicted molar refractivity (Wildman–Crippen MR) is 115 cm³/mol. The highest BCUT2D eigenvalue weighted by molar-refractivity contribution is 5.92. The van der Waals surface area contributed by atoms with Crippen molar-refractivity contribution in [3.05, 3.63) is 77.1 Å². The molecular weight excluding hydrogens is 378 g/mol. The molecule has 2 aromatic carbocycles. The zero-order valence-corrected chi connectivity index (χ0v) is 17.0. The second kappa shape index (κ2) is 8.32. The van der Waals surface area contributed by atoms with Gasteiger partial charge in [0.1, 0.15) is 0 Å². The van der Waals surface area contributed by atoms with E-state index >= 15 is 0 Å². The van der Waals surface area contributed by atoms with Gasteiger partial charge in [0.15, 0.2) is 5.65 Å². The van der Waals surface area contributed by atoms with Gasteiger partial charge in [-0.3, -0.25) is 20.4 Å². The van der Waals surface area contributed by atoms with Gasteiger partial charge in [-0.05, 0) is 43.5 Å². The maximum absolute atomic E-state index is 12.2. The minimum absolute atomic E-state index is 0.215. The van der Waals surface area contributed by atoms with Gasteiger partial charge in [0.25, 0.3) is 0 Å². The second-order valence-electron chi connectivity index (χ2n) is 7.27. The van der Waals surface area contributed by atoms with Crippen LogP contribution in [-0.2, 0) is 22.4 Å². The van der Waals surface area contributed by atoms with Gasteiger partial charge in [-0.1, -0.05) is 42.5 Å². The first-order valence-electron chi connectivity index (χ1n) is 9.88. The van der Waals surface area contributed by atoms with Crippen LogP contribution in [0, 0.1) is 13.8 Å². The normalized spacial score (nSPS) is 11.0. The molecule has 7 heteroatoms. The summed E-state index contributed by atoms with van der Waals surface area (Å²) in [5.41, 5.74) is 10.4. The fourth-order valence-electron chi connectivity index (χ4n) is 3.60. The molecule has 0 saturated heterocycles. The number of benzene rings is 2. The molecule has 0 atom stereocenters. The molecule has 30 heavy (non-hydrogen) atoms. The lowest BCUT2D eigenvalue weighted by Crippen LogP contribution is -2.42. The molecule has 0 unspecified atom stereocenters. The number of aromatic nitrogens is 3. The summed E-state index contributed by atoms with van der Waals surface area (Å²) < 4.78 is 1.84. The summed E-state index contributed by atoms with van der Waals surface area (Å²) in [6, 6.07) is 17.3. The molecule has 152 valence electrons. The molecule has 0 aliphatic carbocycles. The Labute approximate surface area is 174 Å². The summed E-state index contributed by atoms with van der Waals surface area (Å²) in [5.74, 6) is -0.505. The van der Waals surface area contributed by atoms with Crippen molar-refractivity contribution >= 4 is 28.4 Å². The number of hydrazine groups is 1. The molecule has 2 heterocycles. The summed E-state index contributed by atoms with van der Waals surface area (Å²) in [5, 5.41) is 5.65. The summed E-state index contributed by atoms with van der Waals surface area (Å²) in [6.07, 6.45) is 0.964. The standard InChI is InChI=1S/C23H23N5O2/c1-15-18(16(2)28-23(24-15)19-10-6-7-11-20(19)27-28)12-13-21(29)25-26-22(30)14-17-8-4-3-5-9-17/h3-11H,12-14H2,1-2H3,(H,25,29)(H,26,30). The predicted octanol–water partition coefficient (Wildman–Crippen LogP) is 2.82. The Kier molecular flexibility index (Phi) is 5.43. The molecule has 0 aliphatic rings. The fourth-order valence-corrected chi connectivity index (χ4v) is 3.60. The van der Waals surface area contributed by atoms with Crippen molar-refractivity contribution in [1.82, 2.24) is 25.4 Å². The molecular formula is C23H23N5O2. The fraction of sp³-hybridized carbons (Fsp3) is 0.217. The van der Waals surface area contributed by atoms with Crippen molar-refractivity contribution in [2.75, 3.05) is 0 Å². The molecule has 2 aromatic heterocycles. The molecule has 4 aromatic rings. The lowest BCUT2D eigenvalue weighted by Gasteiger charge is -2.12. The van der Waals surface area contributed by atoms with Crippen LogP contribution in [0.2, 0.25) is 0 Å². The Morgan fingerprint density at radius 2 is 1.63 bits per heavy atom. The van der Waals surface area contributed by atoms with Gasteiger partial charge < -0.3 is 0 Å². The van der Waals surface area contributed by atoms with Gasteiger partial charge in [-0.25, -0.2) is 9.50 Å². The first-order chi connectivity index (χ1) is 14.5. The Balaban J connectivity index is 1.40. The second-order valence-corrected chi connectivity index (χ2v) is 7.27. The van der Waals surface area contributed by atoms with Crippen LogP contribution in [0.1, 0.15) is 28.9 Å². The van der Waals surface area contributed by atoms with Gasteiger partial charge >= 0.3 is 0 Å². The molecule has 4 rings (SSSR count). The molecule has 0 saturated carbocycles. The first-order valence-corrected chi connectivity index (χ1v) is 9.88. The number of amides is 2. The maximum atomic E-state index is 12.2. The summed E-state index contributed by atoms with van der Waals surface area (Å²) >= 11 is 0. The van der Waals surface area contributed by atoms with Gasteiger partial charge in [-0.15, -0.1) is 0 Å². The Morgan fingerprint density at radius 3 is 2.43 bits per heavy atom. The number of rotatable bonds is 5. The van der Waals surface area contributed by atoms with Gasteiger partial charge in [0.05, 0.1) is 11.9 Å². The first kappa shape index (κ1) is 19.6. The van der Waals surface area contributed by atoms with E-state index < -0.39 is 0 Å². The highest BCUT2D eigenvalue weighted by Crippen LogP contribution is 2.22. The molecule has 2 N–H and O–H groups in total. The number of hydrogen-bond acceptors (Lipinski definition) is 4. The van der Waals surface area contributed by atoms with E-state index in [1.54, 1.807) is 0 Å². The van der Waals surface area contributed by atoms with Crippen molar-refractivity contribution in [3.8, 4) is 0 Å². The van der Waals surface area contributed by atoms with Crippen molar-refractivity contribution in [1.29, 1.82) is 0 Å². The third kappa shape index (κ3) is 4.00. The van der Waals surface area contributed by atoms with Crippen LogP contribution in [0.5, 0.6) is 0 Å². The zero-order valence-electron chi connectivity index (χ0n) is 17.0. The zero-order chi connectivity index (χ0) is 21.1. The van der Waals surface area contributed by atoms with Crippen LogP contribution in [0.4, 0.5) is 0 Å². The van der Waals surface area contributed by atoms with E-state index in [-0.39, 0.29) is 24.7 Å². The number of aryl methyl sites for hydroxylation is 2. The minimum atomic E-state index is -0.256. The molecule has 0 aliphatic heterocycles. The summed E-state index contributed by atoms with van der Waals surface area (Å²) in [4.78, 5) is 28.9. The number of nitrogens with zero attached hydrogens (tertiary/aromatic N) is 3. The average molecular weight is 401 g/mol. The third-order valence-corrected chi connectivity index (χ3v) is 5.17. The number of carbonyl (C=O) groups is 2. The lowest BCUT2D eigenvalue weighted by atomic mass is 10.1. The highest BCUT2D eigenvalue weighted by Gasteiger charge is 2.15. The van der Waals surface area contributed by atoms with Crippen molar-refractivity contribution in [2.24, 2.45) is 0 Å². The van der Waals surface area contributed by atoms with Crippen LogP contribution in [0.25, 0.3) is 16.6 Å². The smallest absolute Gasteiger partial charge is 0.242 e. The molecule has 0 spiro atoms. The van der Waals surface area contributed by atoms with E-state index in [4.69, 9.17) is 4.98 Å². The van der Waals surface area contributed by atoms with E-state index in [1.165, 1.54) is 0 Å². The van der Waals surface area contributed by atoms with Crippen LogP contribution >= 0.6 is 0 Å². The summed E-state index contributed by atoms with van der Waals surface area (Å²) in [6.45, 7) is 3.94.